The average molecular weight is 478 g/mol. The molecule has 2 N–H and O–H groups in total. The zero-order valence-corrected chi connectivity index (χ0v) is 20.5. The summed E-state index contributed by atoms with van der Waals surface area (Å²) in [4.78, 5) is 40.2. The highest BCUT2D eigenvalue weighted by Crippen LogP contribution is 2.51. The number of Topliss-reactive ketones (excluding diaryl/α,β-unsaturated/α-hetero) is 1. The number of allylic oxidation sites excluding steroid dienone is 2. The molecule has 0 bridgehead atoms. The van der Waals surface area contributed by atoms with E-state index in [1.165, 1.54) is 12.2 Å². The van der Waals surface area contributed by atoms with E-state index in [0.717, 1.165) is 24.8 Å². The second-order valence-electron chi connectivity index (χ2n) is 10.3. The highest BCUT2D eigenvalue weighted by molar-refractivity contribution is 6.07. The second-order valence-corrected chi connectivity index (χ2v) is 10.3. The van der Waals surface area contributed by atoms with Crippen LogP contribution in [0.5, 0.6) is 0 Å². The average Bonchev–Trinajstić information content (AvgIpc) is 3.09. The largest absolute Gasteiger partial charge is 0.444 e. The fraction of sp³-hybridized carbons (Fsp3) is 0.483. The lowest BCUT2D eigenvalue weighted by molar-refractivity contribution is -0.177. The van der Waals surface area contributed by atoms with Crippen LogP contribution in [0, 0.1) is 23.7 Å². The molecule has 2 fully saturated rings. The minimum absolute atomic E-state index is 0.267. The first-order valence-corrected chi connectivity index (χ1v) is 12.6. The molecule has 1 amide bonds. The van der Waals surface area contributed by atoms with Gasteiger partial charge < -0.3 is 15.2 Å². The van der Waals surface area contributed by atoms with Crippen LogP contribution >= 0.6 is 0 Å². The third kappa shape index (κ3) is 4.90. The van der Waals surface area contributed by atoms with Crippen molar-refractivity contribution in [2.45, 2.75) is 63.7 Å². The molecule has 186 valence electrons. The van der Waals surface area contributed by atoms with E-state index in [-0.39, 0.29) is 17.7 Å². The van der Waals surface area contributed by atoms with Crippen LogP contribution in [0.2, 0.25) is 0 Å². The fourth-order valence-electron chi connectivity index (χ4n) is 5.91. The molecule has 35 heavy (non-hydrogen) atoms. The molecule has 1 aromatic rings. The molecule has 1 saturated carbocycles. The molecule has 1 aromatic carbocycles. The normalized spacial score (nSPS) is 37.9. The van der Waals surface area contributed by atoms with Crippen molar-refractivity contribution in [3.63, 3.8) is 0 Å². The fourth-order valence-corrected chi connectivity index (χ4v) is 5.91. The third-order valence-electron chi connectivity index (χ3n) is 7.84. The summed E-state index contributed by atoms with van der Waals surface area (Å²) in [5.41, 5.74) is -0.181. The van der Waals surface area contributed by atoms with Gasteiger partial charge >= 0.3 is 5.97 Å². The van der Waals surface area contributed by atoms with Crippen LogP contribution in [-0.2, 0) is 25.5 Å². The number of amides is 1. The third-order valence-corrected chi connectivity index (χ3v) is 7.84. The molecule has 6 nitrogen and oxygen atoms in total. The summed E-state index contributed by atoms with van der Waals surface area (Å²) in [6.45, 7) is 8.09. The molecule has 6 heteroatoms. The number of rotatable bonds is 2. The maximum Gasteiger partial charge on any atom is 0.331 e. The first-order valence-electron chi connectivity index (χ1n) is 12.6. The number of aliphatic hydroxyl groups is 1. The number of benzene rings is 1. The van der Waals surface area contributed by atoms with Crippen LogP contribution < -0.4 is 5.32 Å². The van der Waals surface area contributed by atoms with Crippen molar-refractivity contribution in [1.29, 1.82) is 0 Å². The summed E-state index contributed by atoms with van der Waals surface area (Å²) in [6.07, 6.45) is 9.06. The summed E-state index contributed by atoms with van der Waals surface area (Å²) in [7, 11) is 0. The lowest BCUT2D eigenvalue weighted by atomic mass is 9.60. The summed E-state index contributed by atoms with van der Waals surface area (Å²) < 4.78 is 5.99. The Labute approximate surface area is 207 Å². The topological polar surface area (TPSA) is 92.7 Å². The van der Waals surface area contributed by atoms with Crippen LogP contribution in [0.3, 0.4) is 0 Å². The van der Waals surface area contributed by atoms with Crippen LogP contribution in [0.4, 0.5) is 0 Å². The minimum Gasteiger partial charge on any atom is -0.444 e. The lowest BCUT2D eigenvalue weighted by Crippen LogP contribution is -2.60. The maximum absolute atomic E-state index is 13.7. The molecular formula is C29H35NO5. The molecule has 7 atom stereocenters. The van der Waals surface area contributed by atoms with E-state index in [2.05, 4.69) is 18.8 Å². The van der Waals surface area contributed by atoms with Crippen molar-refractivity contribution in [1.82, 2.24) is 5.32 Å². The molecule has 1 spiro atoms. The number of carbonyl (C=O) groups excluding carboxylic acids is 3. The van der Waals surface area contributed by atoms with Crippen LogP contribution in [0.25, 0.3) is 0 Å². The highest BCUT2D eigenvalue weighted by Gasteiger charge is 2.68. The minimum atomic E-state index is -1.67. The van der Waals surface area contributed by atoms with Gasteiger partial charge in [0.15, 0.2) is 5.78 Å². The SMILES string of the molecule is C=C1C(=O)[C@@H]2/C=C/C[C@H](C)CCC[C@@H](O)/C=C\C(=O)O[C@]23C(=O)N[C@@H](Cc2ccccc2)[C@@H]3[C@@H]1C. The predicted octanol–water partition coefficient (Wildman–Crippen LogP) is 3.70. The molecule has 1 saturated heterocycles. The van der Waals surface area contributed by atoms with E-state index in [0.29, 0.717) is 24.3 Å². The summed E-state index contributed by atoms with van der Waals surface area (Å²) in [6, 6.07) is 9.47. The Balaban J connectivity index is 1.79. The van der Waals surface area contributed by atoms with Gasteiger partial charge in [-0.2, -0.15) is 0 Å². The van der Waals surface area contributed by atoms with E-state index < -0.39 is 35.4 Å². The zero-order valence-electron chi connectivity index (χ0n) is 20.5. The van der Waals surface area contributed by atoms with Crippen molar-refractivity contribution in [3.05, 3.63) is 72.4 Å². The van der Waals surface area contributed by atoms with Crippen molar-refractivity contribution in [3.8, 4) is 0 Å². The first-order chi connectivity index (χ1) is 16.7. The Kier molecular flexibility index (Phi) is 7.41. The van der Waals surface area contributed by atoms with E-state index in [9.17, 15) is 19.5 Å². The number of hydrogen-bond donors (Lipinski definition) is 2. The van der Waals surface area contributed by atoms with Gasteiger partial charge in [-0.05, 0) is 48.3 Å². The van der Waals surface area contributed by atoms with Gasteiger partial charge in [0.2, 0.25) is 5.60 Å². The van der Waals surface area contributed by atoms with Gasteiger partial charge in [-0.25, -0.2) is 4.79 Å². The van der Waals surface area contributed by atoms with Gasteiger partial charge in [0, 0.05) is 18.0 Å². The monoisotopic (exact) mass is 477 g/mol. The van der Waals surface area contributed by atoms with Gasteiger partial charge in [-0.3, -0.25) is 9.59 Å². The van der Waals surface area contributed by atoms with Gasteiger partial charge in [0.25, 0.3) is 5.91 Å². The van der Waals surface area contributed by atoms with Gasteiger partial charge in [0.1, 0.15) is 0 Å². The van der Waals surface area contributed by atoms with Crippen molar-refractivity contribution < 1.29 is 24.2 Å². The summed E-state index contributed by atoms with van der Waals surface area (Å²) >= 11 is 0. The number of ether oxygens (including phenoxy) is 1. The number of ketones is 1. The molecule has 2 aliphatic heterocycles. The second kappa shape index (κ2) is 10.3. The number of esters is 1. The number of carbonyl (C=O) groups is 3. The quantitative estimate of drug-likeness (QED) is 0.385. The standard InChI is InChI=1S/C29H35NO5/c1-18-9-7-13-22(31)15-16-25(32)35-29-23(14-8-10-18)27(33)20(3)19(2)26(29)24(30-28(29)34)17-21-11-5-4-6-12-21/h4-6,8,11-12,14-16,18-19,22-24,26,31H,3,7,9-10,13,17H2,1-2H3,(H,30,34)/b14-8+,16-15-/t18-,19-,22-,23+,24+,26+,29-/m1/s1. The van der Waals surface area contributed by atoms with Gasteiger partial charge in [0.05, 0.1) is 12.0 Å². The van der Waals surface area contributed by atoms with Gasteiger partial charge in [-0.1, -0.05) is 75.8 Å². The molecule has 3 aliphatic rings. The zero-order chi connectivity index (χ0) is 25.2. The number of hydrogen-bond acceptors (Lipinski definition) is 5. The Bertz CT molecular complexity index is 1040. The molecule has 1 aliphatic carbocycles. The first kappa shape index (κ1) is 25.1. The smallest absolute Gasteiger partial charge is 0.331 e. The van der Waals surface area contributed by atoms with E-state index in [1.807, 2.05) is 43.3 Å². The molecule has 2 heterocycles. The van der Waals surface area contributed by atoms with Crippen LogP contribution in [0.15, 0.2) is 66.8 Å². The van der Waals surface area contributed by atoms with E-state index >= 15 is 0 Å². The van der Waals surface area contributed by atoms with E-state index in [4.69, 9.17) is 4.74 Å². The maximum atomic E-state index is 13.7. The number of nitrogens with one attached hydrogen (secondary N) is 1. The Hall–Kier alpha value is -2.99. The van der Waals surface area contributed by atoms with Crippen LogP contribution in [0.1, 0.15) is 45.1 Å². The molecule has 0 radical (unpaired) electrons. The van der Waals surface area contributed by atoms with Crippen molar-refractivity contribution in [2.75, 3.05) is 0 Å². The van der Waals surface area contributed by atoms with Crippen molar-refractivity contribution >= 4 is 17.7 Å². The highest BCUT2D eigenvalue weighted by atomic mass is 16.6. The predicted molar refractivity (Wildman–Crippen MR) is 133 cm³/mol. The summed E-state index contributed by atoms with van der Waals surface area (Å²) in [5.74, 6) is -2.88. The Morgan fingerprint density at radius 1 is 1.11 bits per heavy atom. The lowest BCUT2D eigenvalue weighted by Gasteiger charge is -2.45. The Morgan fingerprint density at radius 3 is 2.60 bits per heavy atom. The van der Waals surface area contributed by atoms with Crippen molar-refractivity contribution in [2.24, 2.45) is 23.7 Å². The molecule has 0 aromatic heterocycles. The van der Waals surface area contributed by atoms with E-state index in [1.54, 1.807) is 6.08 Å². The molecular weight excluding hydrogens is 442 g/mol. The van der Waals surface area contributed by atoms with Crippen LogP contribution in [-0.4, -0.2) is 40.5 Å². The molecule has 0 unspecified atom stereocenters. The summed E-state index contributed by atoms with van der Waals surface area (Å²) in [5, 5.41) is 13.3. The Morgan fingerprint density at radius 2 is 1.86 bits per heavy atom. The van der Waals surface area contributed by atoms with Gasteiger partial charge in [-0.15, -0.1) is 0 Å². The number of aliphatic hydroxyl groups excluding tert-OH is 1. The molecule has 4 rings (SSSR count).